The number of ether oxygens (including phenoxy) is 3. The molecule has 0 radical (unpaired) electrons. The number of carbonyl (C=O) groups is 1. The molecular weight excluding hydrogens is 448 g/mol. The van der Waals surface area contributed by atoms with E-state index in [0.29, 0.717) is 47.1 Å². The standard InChI is InChI=1S/C27H34N2O6/c1-5-7-13-35-24-12-11-18(15-26(31)32)14-21(24)22-16-23(29(28-22)17-19(30)6-2)20-9-8-10-25(33-3)27(20)34-4/h8-12,14,16,19,30H,5-7,13,15,17H2,1-4H3,(H,31,32). The van der Waals surface area contributed by atoms with Gasteiger partial charge in [0, 0.05) is 11.1 Å². The number of unbranched alkanes of at least 4 members (excludes halogenated alkanes) is 1. The molecule has 1 heterocycles. The molecule has 0 aliphatic rings. The summed E-state index contributed by atoms with van der Waals surface area (Å²) in [6.45, 7) is 4.84. The average molecular weight is 483 g/mol. The Labute approximate surface area is 206 Å². The maximum atomic E-state index is 11.3. The number of rotatable bonds is 13. The number of benzene rings is 2. The highest BCUT2D eigenvalue weighted by Gasteiger charge is 2.21. The van der Waals surface area contributed by atoms with Gasteiger partial charge >= 0.3 is 5.97 Å². The molecule has 0 aliphatic carbocycles. The minimum Gasteiger partial charge on any atom is -0.493 e. The lowest BCUT2D eigenvalue weighted by atomic mass is 10.0. The maximum Gasteiger partial charge on any atom is 0.307 e. The molecule has 0 spiro atoms. The van der Waals surface area contributed by atoms with Gasteiger partial charge in [0.25, 0.3) is 0 Å². The second kappa shape index (κ2) is 12.3. The minimum absolute atomic E-state index is 0.103. The van der Waals surface area contributed by atoms with Crippen molar-refractivity contribution in [3.63, 3.8) is 0 Å². The largest absolute Gasteiger partial charge is 0.493 e. The summed E-state index contributed by atoms with van der Waals surface area (Å²) in [6, 6.07) is 12.9. The lowest BCUT2D eigenvalue weighted by Gasteiger charge is -2.15. The van der Waals surface area contributed by atoms with Crippen LogP contribution in [0.5, 0.6) is 17.2 Å². The van der Waals surface area contributed by atoms with Gasteiger partial charge in [-0.3, -0.25) is 9.48 Å². The molecular formula is C27H34N2O6. The fourth-order valence-electron chi connectivity index (χ4n) is 3.84. The number of nitrogens with zero attached hydrogens (tertiary/aromatic N) is 2. The van der Waals surface area contributed by atoms with Gasteiger partial charge in [0.05, 0.1) is 51.3 Å². The molecule has 8 nitrogen and oxygen atoms in total. The second-order valence-corrected chi connectivity index (χ2v) is 8.30. The Kier molecular flexibility index (Phi) is 9.14. The van der Waals surface area contributed by atoms with Crippen molar-refractivity contribution in [2.75, 3.05) is 20.8 Å². The first-order valence-corrected chi connectivity index (χ1v) is 11.9. The molecule has 0 saturated carbocycles. The fraction of sp³-hybridized carbons (Fsp3) is 0.407. The molecule has 3 rings (SSSR count). The van der Waals surface area contributed by atoms with Crippen molar-refractivity contribution in [2.45, 2.75) is 52.2 Å². The number of aliphatic hydroxyl groups is 1. The van der Waals surface area contributed by atoms with Crippen molar-refractivity contribution >= 4 is 5.97 Å². The fourth-order valence-corrected chi connectivity index (χ4v) is 3.84. The Morgan fingerprint density at radius 2 is 1.86 bits per heavy atom. The van der Waals surface area contributed by atoms with Crippen LogP contribution in [-0.2, 0) is 17.8 Å². The van der Waals surface area contributed by atoms with Gasteiger partial charge in [0.2, 0.25) is 0 Å². The number of para-hydroxylation sites is 1. The van der Waals surface area contributed by atoms with E-state index in [1.54, 1.807) is 31.0 Å². The van der Waals surface area contributed by atoms with E-state index >= 15 is 0 Å². The van der Waals surface area contributed by atoms with Gasteiger partial charge in [-0.05, 0) is 48.7 Å². The quantitative estimate of drug-likeness (QED) is 0.337. The number of aliphatic carboxylic acids is 1. The van der Waals surface area contributed by atoms with Gasteiger partial charge in [-0.1, -0.05) is 32.4 Å². The Morgan fingerprint density at radius 1 is 1.06 bits per heavy atom. The second-order valence-electron chi connectivity index (χ2n) is 8.30. The van der Waals surface area contributed by atoms with Crippen LogP contribution < -0.4 is 14.2 Å². The molecule has 2 aromatic carbocycles. The van der Waals surface area contributed by atoms with E-state index in [2.05, 4.69) is 6.92 Å². The number of methoxy groups -OCH3 is 2. The van der Waals surface area contributed by atoms with Crippen LogP contribution in [0.3, 0.4) is 0 Å². The minimum atomic E-state index is -0.908. The van der Waals surface area contributed by atoms with Crippen LogP contribution in [0.15, 0.2) is 42.5 Å². The number of carboxylic acid groups (broad SMARTS) is 1. The van der Waals surface area contributed by atoms with Crippen molar-refractivity contribution in [1.82, 2.24) is 9.78 Å². The highest BCUT2D eigenvalue weighted by atomic mass is 16.5. The molecule has 35 heavy (non-hydrogen) atoms. The number of aromatic nitrogens is 2. The van der Waals surface area contributed by atoms with Gasteiger partial charge in [-0.2, -0.15) is 5.10 Å². The summed E-state index contributed by atoms with van der Waals surface area (Å²) in [5.41, 5.74) is 3.48. The summed E-state index contributed by atoms with van der Waals surface area (Å²) in [4.78, 5) is 11.3. The van der Waals surface area contributed by atoms with Crippen LogP contribution in [-0.4, -0.2) is 52.9 Å². The Balaban J connectivity index is 2.18. The predicted octanol–water partition coefficient (Wildman–Crippen LogP) is 4.81. The number of hydrogen-bond acceptors (Lipinski definition) is 6. The van der Waals surface area contributed by atoms with Gasteiger partial charge < -0.3 is 24.4 Å². The lowest BCUT2D eigenvalue weighted by Crippen LogP contribution is -2.16. The smallest absolute Gasteiger partial charge is 0.307 e. The lowest BCUT2D eigenvalue weighted by molar-refractivity contribution is -0.136. The average Bonchev–Trinajstić information content (AvgIpc) is 3.27. The molecule has 188 valence electrons. The first-order valence-electron chi connectivity index (χ1n) is 11.9. The highest BCUT2D eigenvalue weighted by Crippen LogP contribution is 2.40. The van der Waals surface area contributed by atoms with Crippen LogP contribution in [0.25, 0.3) is 22.5 Å². The topological polar surface area (TPSA) is 103 Å². The van der Waals surface area contributed by atoms with E-state index in [9.17, 15) is 15.0 Å². The third-order valence-electron chi connectivity index (χ3n) is 5.74. The van der Waals surface area contributed by atoms with E-state index in [1.165, 1.54) is 0 Å². The predicted molar refractivity (Wildman–Crippen MR) is 134 cm³/mol. The molecule has 0 aliphatic heterocycles. The zero-order valence-electron chi connectivity index (χ0n) is 20.8. The molecule has 1 unspecified atom stereocenters. The zero-order chi connectivity index (χ0) is 25.4. The summed E-state index contributed by atoms with van der Waals surface area (Å²) in [5.74, 6) is 0.876. The van der Waals surface area contributed by atoms with Crippen molar-refractivity contribution in [2.24, 2.45) is 0 Å². The van der Waals surface area contributed by atoms with Crippen LogP contribution >= 0.6 is 0 Å². The molecule has 0 fully saturated rings. The Hall–Kier alpha value is -3.52. The van der Waals surface area contributed by atoms with Crippen molar-refractivity contribution in [3.8, 4) is 39.8 Å². The van der Waals surface area contributed by atoms with Crippen molar-refractivity contribution < 1.29 is 29.2 Å². The SMILES string of the molecule is CCCCOc1ccc(CC(=O)O)cc1-c1cc(-c2cccc(OC)c2OC)n(CC(O)CC)n1. The van der Waals surface area contributed by atoms with Crippen molar-refractivity contribution in [3.05, 3.63) is 48.0 Å². The molecule has 1 aromatic heterocycles. The van der Waals surface area contributed by atoms with Crippen LogP contribution in [0.1, 0.15) is 38.7 Å². The molecule has 1 atom stereocenters. The van der Waals surface area contributed by atoms with E-state index in [1.807, 2.05) is 37.3 Å². The molecule has 2 N–H and O–H groups in total. The summed E-state index contributed by atoms with van der Waals surface area (Å²) >= 11 is 0. The van der Waals surface area contributed by atoms with Crippen LogP contribution in [0, 0.1) is 0 Å². The first kappa shape index (κ1) is 26.1. The summed E-state index contributed by atoms with van der Waals surface area (Å²) in [7, 11) is 3.16. The normalized spacial score (nSPS) is 11.8. The maximum absolute atomic E-state index is 11.3. The van der Waals surface area contributed by atoms with Crippen molar-refractivity contribution in [1.29, 1.82) is 0 Å². The monoisotopic (exact) mass is 482 g/mol. The van der Waals surface area contributed by atoms with Gasteiger partial charge in [-0.15, -0.1) is 0 Å². The summed E-state index contributed by atoms with van der Waals surface area (Å²) in [5, 5.41) is 24.5. The third-order valence-corrected chi connectivity index (χ3v) is 5.74. The van der Waals surface area contributed by atoms with Gasteiger partial charge in [0.15, 0.2) is 11.5 Å². The van der Waals surface area contributed by atoms with Crippen LogP contribution in [0.4, 0.5) is 0 Å². The number of aliphatic hydroxyl groups excluding tert-OH is 1. The zero-order valence-corrected chi connectivity index (χ0v) is 20.8. The summed E-state index contributed by atoms with van der Waals surface area (Å²) in [6.07, 6.45) is 1.78. The third kappa shape index (κ3) is 6.33. The van der Waals surface area contributed by atoms with Gasteiger partial charge in [-0.25, -0.2) is 0 Å². The molecule has 3 aromatic rings. The van der Waals surface area contributed by atoms with E-state index in [0.717, 1.165) is 24.1 Å². The van der Waals surface area contributed by atoms with Gasteiger partial charge in [0.1, 0.15) is 5.75 Å². The molecule has 8 heteroatoms. The number of carboxylic acids is 1. The van der Waals surface area contributed by atoms with E-state index in [4.69, 9.17) is 19.3 Å². The number of hydrogen-bond donors (Lipinski definition) is 2. The summed E-state index contributed by atoms with van der Waals surface area (Å²) < 4.78 is 18.9. The molecule has 0 bridgehead atoms. The van der Waals surface area contributed by atoms with Crippen LogP contribution in [0.2, 0.25) is 0 Å². The first-order chi connectivity index (χ1) is 16.9. The highest BCUT2D eigenvalue weighted by molar-refractivity contribution is 5.78. The Bertz CT molecular complexity index is 1140. The van der Waals surface area contributed by atoms with E-state index in [-0.39, 0.29) is 13.0 Å². The molecule has 0 saturated heterocycles. The Morgan fingerprint density at radius 3 is 2.51 bits per heavy atom. The van der Waals surface area contributed by atoms with E-state index < -0.39 is 12.1 Å². The molecule has 0 amide bonds.